The molecule has 0 atom stereocenters. The predicted octanol–water partition coefficient (Wildman–Crippen LogP) is 1.45. The summed E-state index contributed by atoms with van der Waals surface area (Å²) in [5.74, 6) is 0.696. The first-order valence-electron chi connectivity index (χ1n) is 5.90. The van der Waals surface area contributed by atoms with Crippen molar-refractivity contribution in [3.05, 3.63) is 22.2 Å². The Morgan fingerprint density at radius 3 is 2.37 bits per heavy atom. The second-order valence-electron chi connectivity index (χ2n) is 4.05. The first-order chi connectivity index (χ1) is 9.17. The van der Waals surface area contributed by atoms with E-state index in [4.69, 9.17) is 14.2 Å². The topological polar surface area (TPSA) is 74.1 Å². The molecule has 0 bridgehead atoms. The van der Waals surface area contributed by atoms with Gasteiger partial charge in [-0.05, 0) is 0 Å². The Morgan fingerprint density at radius 1 is 1.21 bits per heavy atom. The maximum Gasteiger partial charge on any atom is 0.314 e. The van der Waals surface area contributed by atoms with Gasteiger partial charge in [0.05, 0.1) is 44.1 Å². The van der Waals surface area contributed by atoms with E-state index in [0.717, 1.165) is 18.8 Å². The summed E-state index contributed by atoms with van der Waals surface area (Å²) < 4.78 is 15.6. The van der Waals surface area contributed by atoms with E-state index < -0.39 is 4.92 Å². The summed E-state index contributed by atoms with van der Waals surface area (Å²) in [6.07, 6.45) is 0. The highest BCUT2D eigenvalue weighted by Crippen LogP contribution is 2.39. The second kappa shape index (κ2) is 5.75. The van der Waals surface area contributed by atoms with Crippen molar-refractivity contribution >= 4 is 11.4 Å². The molecule has 0 saturated carbocycles. The van der Waals surface area contributed by atoms with Gasteiger partial charge < -0.3 is 19.1 Å². The zero-order chi connectivity index (χ0) is 13.8. The van der Waals surface area contributed by atoms with Crippen molar-refractivity contribution in [3.8, 4) is 11.5 Å². The molecule has 1 aromatic rings. The molecule has 0 amide bonds. The van der Waals surface area contributed by atoms with Crippen LogP contribution in [-0.2, 0) is 4.74 Å². The van der Waals surface area contributed by atoms with Crippen LogP contribution in [0.2, 0.25) is 0 Å². The SMILES string of the molecule is COc1cc([N+](=O)[O-])c(OC)cc1N1CCOCC1. The van der Waals surface area contributed by atoms with Crippen molar-refractivity contribution in [1.82, 2.24) is 0 Å². The van der Waals surface area contributed by atoms with Gasteiger partial charge in [-0.2, -0.15) is 0 Å². The summed E-state index contributed by atoms with van der Waals surface area (Å²) >= 11 is 0. The van der Waals surface area contributed by atoms with Crippen LogP contribution in [0.3, 0.4) is 0 Å². The third-order valence-corrected chi connectivity index (χ3v) is 3.03. The molecule has 1 aliphatic rings. The zero-order valence-electron chi connectivity index (χ0n) is 10.9. The van der Waals surface area contributed by atoms with Crippen molar-refractivity contribution in [2.45, 2.75) is 0 Å². The third kappa shape index (κ3) is 2.70. The van der Waals surface area contributed by atoms with Crippen LogP contribution in [-0.4, -0.2) is 45.4 Å². The van der Waals surface area contributed by atoms with Crippen LogP contribution in [0.1, 0.15) is 0 Å². The third-order valence-electron chi connectivity index (χ3n) is 3.03. The summed E-state index contributed by atoms with van der Waals surface area (Å²) in [5.41, 5.74) is 0.685. The minimum atomic E-state index is -0.482. The van der Waals surface area contributed by atoms with E-state index in [9.17, 15) is 10.1 Å². The number of anilines is 1. The molecule has 0 aromatic heterocycles. The van der Waals surface area contributed by atoms with E-state index in [1.807, 2.05) is 0 Å². The highest BCUT2D eigenvalue weighted by atomic mass is 16.6. The number of hydrogen-bond acceptors (Lipinski definition) is 6. The van der Waals surface area contributed by atoms with E-state index in [1.165, 1.54) is 20.3 Å². The highest BCUT2D eigenvalue weighted by molar-refractivity contribution is 5.68. The molecule has 19 heavy (non-hydrogen) atoms. The van der Waals surface area contributed by atoms with Crippen LogP contribution in [0.4, 0.5) is 11.4 Å². The number of hydrogen-bond donors (Lipinski definition) is 0. The minimum Gasteiger partial charge on any atom is -0.494 e. The van der Waals surface area contributed by atoms with Gasteiger partial charge in [0.2, 0.25) is 0 Å². The van der Waals surface area contributed by atoms with E-state index >= 15 is 0 Å². The summed E-state index contributed by atoms with van der Waals surface area (Å²) in [7, 11) is 2.91. The van der Waals surface area contributed by atoms with Crippen molar-refractivity contribution < 1.29 is 19.1 Å². The average Bonchev–Trinajstić information content (AvgIpc) is 2.46. The Labute approximate surface area is 110 Å². The van der Waals surface area contributed by atoms with Crippen LogP contribution in [0.25, 0.3) is 0 Å². The van der Waals surface area contributed by atoms with Gasteiger partial charge in [-0.25, -0.2) is 0 Å². The summed E-state index contributed by atoms with van der Waals surface area (Å²) in [6, 6.07) is 3.03. The Morgan fingerprint density at radius 2 is 1.84 bits per heavy atom. The molecule has 0 radical (unpaired) electrons. The molecule has 1 aromatic carbocycles. The molecule has 104 valence electrons. The fraction of sp³-hybridized carbons (Fsp3) is 0.500. The highest BCUT2D eigenvalue weighted by Gasteiger charge is 2.23. The van der Waals surface area contributed by atoms with E-state index in [-0.39, 0.29) is 11.4 Å². The number of nitro groups is 1. The molecule has 0 aliphatic carbocycles. The summed E-state index contributed by atoms with van der Waals surface area (Å²) in [6.45, 7) is 2.69. The zero-order valence-corrected chi connectivity index (χ0v) is 10.9. The van der Waals surface area contributed by atoms with Gasteiger partial charge in [0, 0.05) is 19.2 Å². The lowest BCUT2D eigenvalue weighted by Crippen LogP contribution is -2.36. The van der Waals surface area contributed by atoms with Crippen LogP contribution >= 0.6 is 0 Å². The maximum absolute atomic E-state index is 11.0. The first kappa shape index (κ1) is 13.4. The molecule has 1 heterocycles. The Kier molecular flexibility index (Phi) is 4.06. The average molecular weight is 268 g/mol. The van der Waals surface area contributed by atoms with E-state index in [0.29, 0.717) is 19.0 Å². The number of rotatable bonds is 4. The van der Waals surface area contributed by atoms with Gasteiger partial charge >= 0.3 is 5.69 Å². The van der Waals surface area contributed by atoms with Gasteiger partial charge in [-0.15, -0.1) is 0 Å². The van der Waals surface area contributed by atoms with E-state index in [2.05, 4.69) is 4.90 Å². The predicted molar refractivity (Wildman–Crippen MR) is 69.2 cm³/mol. The van der Waals surface area contributed by atoms with Gasteiger partial charge in [-0.1, -0.05) is 0 Å². The molecular formula is C12H16N2O5. The lowest BCUT2D eigenvalue weighted by Gasteiger charge is -2.30. The lowest BCUT2D eigenvalue weighted by atomic mass is 10.2. The second-order valence-corrected chi connectivity index (χ2v) is 4.05. The molecule has 1 aliphatic heterocycles. The number of nitrogens with zero attached hydrogens (tertiary/aromatic N) is 2. The molecule has 7 heteroatoms. The molecule has 0 unspecified atom stereocenters. The number of ether oxygens (including phenoxy) is 3. The quantitative estimate of drug-likeness (QED) is 0.607. The monoisotopic (exact) mass is 268 g/mol. The molecule has 1 saturated heterocycles. The Hall–Kier alpha value is -2.02. The van der Waals surface area contributed by atoms with Gasteiger partial charge in [0.25, 0.3) is 0 Å². The smallest absolute Gasteiger partial charge is 0.314 e. The molecule has 2 rings (SSSR count). The standard InChI is InChI=1S/C12H16N2O5/c1-17-11-8-10(14(15)16)12(18-2)7-9(11)13-3-5-19-6-4-13/h7-8H,3-6H2,1-2H3. The van der Waals surface area contributed by atoms with Crippen LogP contribution < -0.4 is 14.4 Å². The Bertz CT molecular complexity index is 471. The van der Waals surface area contributed by atoms with Gasteiger partial charge in [0.1, 0.15) is 5.75 Å². The molecule has 0 N–H and O–H groups in total. The lowest BCUT2D eigenvalue weighted by molar-refractivity contribution is -0.385. The maximum atomic E-state index is 11.0. The fourth-order valence-corrected chi connectivity index (χ4v) is 2.06. The van der Waals surface area contributed by atoms with Crippen LogP contribution in [0.5, 0.6) is 11.5 Å². The molecular weight excluding hydrogens is 252 g/mol. The van der Waals surface area contributed by atoms with Crippen molar-refractivity contribution in [1.29, 1.82) is 0 Å². The largest absolute Gasteiger partial charge is 0.494 e. The fourth-order valence-electron chi connectivity index (χ4n) is 2.06. The van der Waals surface area contributed by atoms with Crippen LogP contribution in [0, 0.1) is 10.1 Å². The summed E-state index contributed by atoms with van der Waals surface area (Å²) in [4.78, 5) is 12.6. The van der Waals surface area contributed by atoms with Crippen molar-refractivity contribution in [3.63, 3.8) is 0 Å². The molecule has 7 nitrogen and oxygen atoms in total. The first-order valence-corrected chi connectivity index (χ1v) is 5.90. The van der Waals surface area contributed by atoms with Crippen LogP contribution in [0.15, 0.2) is 12.1 Å². The number of morpholine rings is 1. The number of benzene rings is 1. The summed E-state index contributed by atoms with van der Waals surface area (Å²) in [5, 5.41) is 11.0. The van der Waals surface area contributed by atoms with E-state index in [1.54, 1.807) is 6.07 Å². The molecule has 0 spiro atoms. The Balaban J connectivity index is 2.44. The number of methoxy groups -OCH3 is 2. The van der Waals surface area contributed by atoms with Gasteiger partial charge in [-0.3, -0.25) is 10.1 Å². The van der Waals surface area contributed by atoms with Crippen molar-refractivity contribution in [2.24, 2.45) is 0 Å². The van der Waals surface area contributed by atoms with Gasteiger partial charge in [0.15, 0.2) is 5.75 Å². The minimum absolute atomic E-state index is 0.101. The molecule has 1 fully saturated rings. The van der Waals surface area contributed by atoms with Crippen molar-refractivity contribution in [2.75, 3.05) is 45.4 Å². The number of nitro benzene ring substituents is 1. The normalized spacial score (nSPS) is 15.2.